The van der Waals surface area contributed by atoms with Gasteiger partial charge in [-0.1, -0.05) is 29.3 Å². The van der Waals surface area contributed by atoms with Crippen LogP contribution in [0.2, 0.25) is 0 Å². The highest BCUT2D eigenvalue weighted by atomic mass is 79.9. The Hall–Kier alpha value is -1.23. The van der Waals surface area contributed by atoms with Crippen LogP contribution in [0.15, 0.2) is 18.2 Å². The second-order valence-corrected chi connectivity index (χ2v) is 5.19. The summed E-state index contributed by atoms with van der Waals surface area (Å²) in [7, 11) is 3.16. The fourth-order valence-electron chi connectivity index (χ4n) is 1.92. The van der Waals surface area contributed by atoms with Gasteiger partial charge in [-0.15, -0.1) is 0 Å². The summed E-state index contributed by atoms with van der Waals surface area (Å²) in [6.07, 6.45) is 2.05. The molecule has 0 bridgehead atoms. The number of methoxy groups -OCH3 is 2. The number of carbonyl (C=O) groups is 1. The Balaban J connectivity index is 3.02. The van der Waals surface area contributed by atoms with Gasteiger partial charge in [0.2, 0.25) is 0 Å². The van der Waals surface area contributed by atoms with Crippen molar-refractivity contribution < 1.29 is 14.3 Å². The molecule has 112 valence electrons. The lowest BCUT2D eigenvalue weighted by Crippen LogP contribution is -2.33. The minimum Gasteiger partial charge on any atom is -0.497 e. The summed E-state index contributed by atoms with van der Waals surface area (Å²) in [5.74, 6) is 1.21. The summed E-state index contributed by atoms with van der Waals surface area (Å²) < 4.78 is 10.5. The Morgan fingerprint density at radius 3 is 2.55 bits per heavy atom. The highest BCUT2D eigenvalue weighted by molar-refractivity contribution is 9.09. The van der Waals surface area contributed by atoms with E-state index in [0.29, 0.717) is 23.6 Å². The lowest BCUT2D eigenvalue weighted by Gasteiger charge is -2.23. The third-order valence-corrected chi connectivity index (χ3v) is 3.41. The van der Waals surface area contributed by atoms with Crippen LogP contribution in [0.5, 0.6) is 11.5 Å². The molecule has 0 radical (unpaired) electrons. The average Bonchev–Trinajstić information content (AvgIpc) is 2.50. The van der Waals surface area contributed by atoms with E-state index < -0.39 is 0 Å². The zero-order chi connectivity index (χ0) is 15.0. The van der Waals surface area contributed by atoms with Crippen molar-refractivity contribution in [3.05, 3.63) is 23.8 Å². The molecule has 20 heavy (non-hydrogen) atoms. The number of amides is 1. The van der Waals surface area contributed by atoms with Crippen LogP contribution in [0.3, 0.4) is 0 Å². The second kappa shape index (κ2) is 8.84. The van der Waals surface area contributed by atoms with Gasteiger partial charge in [0.25, 0.3) is 5.91 Å². The molecule has 4 nitrogen and oxygen atoms in total. The molecule has 0 aliphatic carbocycles. The Labute approximate surface area is 129 Å². The molecule has 0 aromatic heterocycles. The standard InChI is InChI=1S/C15H22BrNO3/c1-4-5-9-17(10-8-16)15(18)13-11-12(19-2)6-7-14(13)20-3/h6-7,11H,4-5,8-10H2,1-3H3. The summed E-state index contributed by atoms with van der Waals surface area (Å²) in [4.78, 5) is 14.5. The van der Waals surface area contributed by atoms with Crippen molar-refractivity contribution in [3.63, 3.8) is 0 Å². The molecule has 0 saturated heterocycles. The summed E-state index contributed by atoms with van der Waals surface area (Å²) in [5, 5.41) is 0.759. The number of alkyl halides is 1. The number of halogens is 1. The van der Waals surface area contributed by atoms with Crippen molar-refractivity contribution in [1.29, 1.82) is 0 Å². The summed E-state index contributed by atoms with van der Waals surface area (Å²) in [6.45, 7) is 3.55. The third-order valence-electron chi connectivity index (χ3n) is 3.06. The number of nitrogens with zero attached hydrogens (tertiary/aromatic N) is 1. The van der Waals surface area contributed by atoms with Crippen molar-refractivity contribution in [2.75, 3.05) is 32.6 Å². The first-order valence-corrected chi connectivity index (χ1v) is 7.87. The van der Waals surface area contributed by atoms with E-state index in [-0.39, 0.29) is 5.91 Å². The molecule has 0 fully saturated rings. The normalized spacial score (nSPS) is 10.2. The molecular formula is C15H22BrNO3. The van der Waals surface area contributed by atoms with Gasteiger partial charge in [-0.3, -0.25) is 4.79 Å². The van der Waals surface area contributed by atoms with E-state index in [1.165, 1.54) is 0 Å². The van der Waals surface area contributed by atoms with E-state index >= 15 is 0 Å². The fraction of sp³-hybridized carbons (Fsp3) is 0.533. The monoisotopic (exact) mass is 343 g/mol. The smallest absolute Gasteiger partial charge is 0.257 e. The predicted octanol–water partition coefficient (Wildman–Crippen LogP) is 3.34. The van der Waals surface area contributed by atoms with Gasteiger partial charge < -0.3 is 14.4 Å². The van der Waals surface area contributed by atoms with E-state index in [0.717, 1.165) is 24.7 Å². The van der Waals surface area contributed by atoms with Gasteiger partial charge in [-0.2, -0.15) is 0 Å². The van der Waals surface area contributed by atoms with Crippen LogP contribution in [0, 0.1) is 0 Å². The van der Waals surface area contributed by atoms with Crippen molar-refractivity contribution in [1.82, 2.24) is 4.90 Å². The quantitative estimate of drug-likeness (QED) is 0.679. The molecule has 0 unspecified atom stereocenters. The molecular weight excluding hydrogens is 322 g/mol. The van der Waals surface area contributed by atoms with Gasteiger partial charge in [0.1, 0.15) is 11.5 Å². The fourth-order valence-corrected chi connectivity index (χ4v) is 2.35. The molecule has 0 spiro atoms. The van der Waals surface area contributed by atoms with Gasteiger partial charge in [-0.05, 0) is 24.6 Å². The van der Waals surface area contributed by atoms with Crippen molar-refractivity contribution in [2.45, 2.75) is 19.8 Å². The van der Waals surface area contributed by atoms with E-state index in [1.54, 1.807) is 32.4 Å². The molecule has 1 aromatic carbocycles. The SMILES string of the molecule is CCCCN(CCBr)C(=O)c1cc(OC)ccc1OC. The molecule has 0 aliphatic rings. The van der Waals surface area contributed by atoms with Crippen LogP contribution in [0.4, 0.5) is 0 Å². The van der Waals surface area contributed by atoms with E-state index in [1.807, 2.05) is 4.90 Å². The summed E-state index contributed by atoms with van der Waals surface area (Å²) >= 11 is 3.40. The Morgan fingerprint density at radius 2 is 2.00 bits per heavy atom. The Bertz CT molecular complexity index is 437. The first kappa shape index (κ1) is 16.8. The van der Waals surface area contributed by atoms with Crippen molar-refractivity contribution >= 4 is 21.8 Å². The summed E-state index contributed by atoms with van der Waals surface area (Å²) in [5.41, 5.74) is 0.545. The molecule has 0 saturated carbocycles. The molecule has 5 heteroatoms. The van der Waals surface area contributed by atoms with E-state index in [9.17, 15) is 4.79 Å². The lowest BCUT2D eigenvalue weighted by molar-refractivity contribution is 0.0760. The number of rotatable bonds is 8. The minimum atomic E-state index is -0.0198. The second-order valence-electron chi connectivity index (χ2n) is 4.40. The lowest BCUT2D eigenvalue weighted by atomic mass is 10.1. The number of ether oxygens (including phenoxy) is 2. The predicted molar refractivity (Wildman–Crippen MR) is 84.2 cm³/mol. The molecule has 0 heterocycles. The van der Waals surface area contributed by atoms with Crippen LogP contribution < -0.4 is 9.47 Å². The molecule has 1 amide bonds. The molecule has 0 atom stereocenters. The van der Waals surface area contributed by atoms with E-state index in [4.69, 9.17) is 9.47 Å². The average molecular weight is 344 g/mol. The van der Waals surface area contributed by atoms with Gasteiger partial charge in [0.15, 0.2) is 0 Å². The number of unbranched alkanes of at least 4 members (excludes halogenated alkanes) is 1. The number of hydrogen-bond donors (Lipinski definition) is 0. The number of benzene rings is 1. The minimum absolute atomic E-state index is 0.0198. The Morgan fingerprint density at radius 1 is 1.25 bits per heavy atom. The first-order valence-electron chi connectivity index (χ1n) is 6.75. The van der Waals surface area contributed by atoms with Gasteiger partial charge in [0.05, 0.1) is 19.8 Å². The van der Waals surface area contributed by atoms with Crippen LogP contribution in [-0.2, 0) is 0 Å². The van der Waals surface area contributed by atoms with Crippen LogP contribution in [-0.4, -0.2) is 43.4 Å². The maximum absolute atomic E-state index is 12.7. The molecule has 1 rings (SSSR count). The van der Waals surface area contributed by atoms with Gasteiger partial charge in [0, 0.05) is 18.4 Å². The first-order chi connectivity index (χ1) is 9.67. The largest absolute Gasteiger partial charge is 0.497 e. The molecule has 1 aromatic rings. The molecule has 0 aliphatic heterocycles. The maximum Gasteiger partial charge on any atom is 0.257 e. The number of carbonyl (C=O) groups excluding carboxylic acids is 1. The number of hydrogen-bond acceptors (Lipinski definition) is 3. The van der Waals surface area contributed by atoms with Crippen LogP contribution in [0.25, 0.3) is 0 Å². The van der Waals surface area contributed by atoms with Crippen LogP contribution in [0.1, 0.15) is 30.1 Å². The van der Waals surface area contributed by atoms with Crippen molar-refractivity contribution in [2.24, 2.45) is 0 Å². The van der Waals surface area contributed by atoms with Crippen molar-refractivity contribution in [3.8, 4) is 11.5 Å². The third kappa shape index (κ3) is 4.40. The van der Waals surface area contributed by atoms with Gasteiger partial charge >= 0.3 is 0 Å². The molecule has 0 N–H and O–H groups in total. The Kier molecular flexibility index (Phi) is 7.44. The maximum atomic E-state index is 12.7. The highest BCUT2D eigenvalue weighted by Crippen LogP contribution is 2.25. The zero-order valence-electron chi connectivity index (χ0n) is 12.3. The highest BCUT2D eigenvalue weighted by Gasteiger charge is 2.19. The van der Waals surface area contributed by atoms with E-state index in [2.05, 4.69) is 22.9 Å². The zero-order valence-corrected chi connectivity index (χ0v) is 13.9. The summed E-state index contributed by atoms with van der Waals surface area (Å²) in [6, 6.07) is 5.28. The topological polar surface area (TPSA) is 38.8 Å². The van der Waals surface area contributed by atoms with Gasteiger partial charge in [-0.25, -0.2) is 0 Å². The van der Waals surface area contributed by atoms with Crippen LogP contribution >= 0.6 is 15.9 Å².